The second-order valence-corrected chi connectivity index (χ2v) is 6.52. The summed E-state index contributed by atoms with van der Waals surface area (Å²) in [5.74, 6) is 0.504. The van der Waals surface area contributed by atoms with E-state index in [1.165, 1.54) is 6.07 Å². The van der Waals surface area contributed by atoms with Gasteiger partial charge in [-0.15, -0.1) is 0 Å². The average molecular weight is 366 g/mol. The summed E-state index contributed by atoms with van der Waals surface area (Å²) in [7, 11) is 0. The van der Waals surface area contributed by atoms with Crippen molar-refractivity contribution in [1.82, 2.24) is 0 Å². The highest BCUT2D eigenvalue weighted by atomic mass is 35.5. The molecule has 2 aromatic carbocycles. The Hall–Kier alpha value is -2.20. The van der Waals surface area contributed by atoms with Crippen molar-refractivity contribution in [2.75, 3.05) is 18.0 Å². The minimum absolute atomic E-state index is 0.0450. The highest BCUT2D eigenvalue weighted by molar-refractivity contribution is 6.32. The SMILES string of the molecule is O=C1CN=C(c2ccccc2F)c2cc(Cl)ccc2N1C[C]1[CH][CH][CH][CH]1. The summed E-state index contributed by atoms with van der Waals surface area (Å²) in [5, 5.41) is 0.510. The van der Waals surface area contributed by atoms with Gasteiger partial charge in [0, 0.05) is 28.6 Å². The zero-order valence-electron chi connectivity index (χ0n) is 13.8. The third-order valence-corrected chi connectivity index (χ3v) is 4.61. The lowest BCUT2D eigenvalue weighted by Crippen LogP contribution is -2.35. The molecule has 0 N–H and O–H groups in total. The number of anilines is 1. The van der Waals surface area contributed by atoms with Gasteiger partial charge in [0.15, 0.2) is 0 Å². The van der Waals surface area contributed by atoms with Gasteiger partial charge in [-0.1, -0.05) is 23.7 Å². The quantitative estimate of drug-likeness (QED) is 0.807. The molecule has 0 saturated heterocycles. The number of fused-ring (bicyclic) bond motifs is 1. The van der Waals surface area contributed by atoms with Crippen LogP contribution in [0, 0.1) is 37.4 Å². The Labute approximate surface area is 157 Å². The van der Waals surface area contributed by atoms with Crippen molar-refractivity contribution in [2.45, 2.75) is 0 Å². The molecule has 3 nitrogen and oxygen atoms in total. The maximum atomic E-state index is 14.4. The largest absolute Gasteiger partial charge is 0.310 e. The number of rotatable bonds is 3. The second kappa shape index (κ2) is 7.20. The van der Waals surface area contributed by atoms with E-state index in [0.717, 1.165) is 5.92 Å². The molecule has 1 saturated carbocycles. The Morgan fingerprint density at radius 3 is 2.62 bits per heavy atom. The van der Waals surface area contributed by atoms with Crippen LogP contribution in [-0.4, -0.2) is 24.7 Å². The van der Waals surface area contributed by atoms with Crippen molar-refractivity contribution >= 4 is 28.9 Å². The van der Waals surface area contributed by atoms with Gasteiger partial charge >= 0.3 is 0 Å². The molecule has 2 aliphatic rings. The summed E-state index contributed by atoms with van der Waals surface area (Å²) in [6.45, 7) is 0.386. The molecule has 129 valence electrons. The Kier molecular flexibility index (Phi) is 4.77. The Morgan fingerprint density at radius 2 is 1.85 bits per heavy atom. The van der Waals surface area contributed by atoms with Crippen molar-refractivity contribution in [1.29, 1.82) is 0 Å². The molecule has 0 aromatic heterocycles. The second-order valence-electron chi connectivity index (χ2n) is 6.08. The van der Waals surface area contributed by atoms with E-state index in [0.29, 0.717) is 34.1 Å². The van der Waals surface area contributed by atoms with Crippen LogP contribution in [-0.2, 0) is 4.79 Å². The van der Waals surface area contributed by atoms with Crippen molar-refractivity contribution in [2.24, 2.45) is 4.99 Å². The van der Waals surface area contributed by atoms with Gasteiger partial charge in [0.1, 0.15) is 12.4 Å². The fourth-order valence-corrected chi connectivity index (χ4v) is 3.32. The maximum Gasteiger partial charge on any atom is 0.248 e. The lowest BCUT2D eigenvalue weighted by atomic mass is 9.99. The summed E-state index contributed by atoms with van der Waals surface area (Å²) in [5.41, 5.74) is 2.14. The van der Waals surface area contributed by atoms with Crippen molar-refractivity contribution in [3.8, 4) is 0 Å². The van der Waals surface area contributed by atoms with Gasteiger partial charge in [0.25, 0.3) is 0 Å². The molecule has 1 aliphatic heterocycles. The van der Waals surface area contributed by atoms with Crippen LogP contribution in [0.5, 0.6) is 0 Å². The van der Waals surface area contributed by atoms with Gasteiger partial charge in [-0.05, 0) is 56.0 Å². The molecule has 2 aromatic rings. The first-order chi connectivity index (χ1) is 12.6. The van der Waals surface area contributed by atoms with E-state index < -0.39 is 0 Å². The van der Waals surface area contributed by atoms with Crippen LogP contribution in [0.25, 0.3) is 0 Å². The molecule has 26 heavy (non-hydrogen) atoms. The molecule has 1 fully saturated rings. The number of benzodiazepines with no additional fused rings is 1. The highest BCUT2D eigenvalue weighted by Gasteiger charge is 2.29. The molecular formula is C21H15ClFN2O. The summed E-state index contributed by atoms with van der Waals surface area (Å²) in [6, 6.07) is 11.7. The fraction of sp³-hybridized carbons (Fsp3) is 0.0952. The smallest absolute Gasteiger partial charge is 0.248 e. The van der Waals surface area contributed by atoms with E-state index in [2.05, 4.69) is 4.99 Å². The molecule has 1 amide bonds. The Morgan fingerprint density at radius 1 is 1.08 bits per heavy atom. The van der Waals surface area contributed by atoms with E-state index in [4.69, 9.17) is 11.6 Å². The first-order valence-corrected chi connectivity index (χ1v) is 8.61. The zero-order chi connectivity index (χ0) is 18.1. The molecular weight excluding hydrogens is 351 g/mol. The first-order valence-electron chi connectivity index (χ1n) is 8.24. The third-order valence-electron chi connectivity index (χ3n) is 4.38. The fourth-order valence-electron chi connectivity index (χ4n) is 3.14. The number of amides is 1. The topological polar surface area (TPSA) is 32.7 Å². The average Bonchev–Trinajstić information content (AvgIpc) is 3.10. The monoisotopic (exact) mass is 365 g/mol. The summed E-state index contributed by atoms with van der Waals surface area (Å²) < 4.78 is 14.4. The van der Waals surface area contributed by atoms with Gasteiger partial charge in [-0.2, -0.15) is 0 Å². The highest BCUT2D eigenvalue weighted by Crippen LogP contribution is 2.33. The number of halogens is 2. The summed E-state index contributed by atoms with van der Waals surface area (Å²) in [6.07, 6.45) is 7.79. The van der Waals surface area contributed by atoms with E-state index in [1.54, 1.807) is 41.3 Å². The number of hydrogen-bond acceptors (Lipinski definition) is 2. The van der Waals surface area contributed by atoms with Gasteiger partial charge in [-0.25, -0.2) is 4.39 Å². The molecule has 0 unspecified atom stereocenters. The standard InChI is InChI=1S/C21H15ClFN2O/c22-15-9-10-19-17(11-15)21(16-7-3-4-8-18(16)23)24-12-20(26)25(19)13-14-5-1-2-6-14/h1-11H,12-13H2. The van der Waals surface area contributed by atoms with E-state index >= 15 is 0 Å². The van der Waals surface area contributed by atoms with Gasteiger partial charge in [0.2, 0.25) is 5.91 Å². The summed E-state index contributed by atoms with van der Waals surface area (Å²) >= 11 is 6.20. The molecule has 5 radical (unpaired) electrons. The molecule has 1 heterocycles. The molecule has 0 spiro atoms. The molecule has 4 rings (SSSR count). The van der Waals surface area contributed by atoms with Crippen LogP contribution >= 0.6 is 11.6 Å². The molecule has 0 atom stereocenters. The van der Waals surface area contributed by atoms with Crippen molar-refractivity contribution in [3.05, 3.63) is 96.0 Å². The van der Waals surface area contributed by atoms with Crippen LogP contribution < -0.4 is 4.90 Å². The van der Waals surface area contributed by atoms with Gasteiger partial charge in [0.05, 0.1) is 11.4 Å². The van der Waals surface area contributed by atoms with Crippen LogP contribution in [0.4, 0.5) is 10.1 Å². The number of aliphatic imine (C=N–C) groups is 1. The lowest BCUT2D eigenvalue weighted by molar-refractivity contribution is -0.117. The van der Waals surface area contributed by atoms with E-state index in [9.17, 15) is 9.18 Å². The van der Waals surface area contributed by atoms with E-state index in [1.807, 2.05) is 25.7 Å². The third kappa shape index (κ3) is 3.26. The zero-order valence-corrected chi connectivity index (χ0v) is 14.6. The Bertz CT molecular complexity index is 874. The molecule has 0 bridgehead atoms. The van der Waals surface area contributed by atoms with Crippen LogP contribution in [0.2, 0.25) is 5.02 Å². The Balaban J connectivity index is 1.81. The number of carbonyl (C=O) groups excluding carboxylic acids is 1. The first kappa shape index (κ1) is 17.2. The van der Waals surface area contributed by atoms with Gasteiger partial charge in [-0.3, -0.25) is 9.79 Å². The minimum Gasteiger partial charge on any atom is -0.310 e. The minimum atomic E-state index is -0.380. The number of hydrogen-bond donors (Lipinski definition) is 0. The maximum absolute atomic E-state index is 14.4. The van der Waals surface area contributed by atoms with E-state index in [-0.39, 0.29) is 18.3 Å². The predicted molar refractivity (Wildman–Crippen MR) is 101 cm³/mol. The van der Waals surface area contributed by atoms with Crippen LogP contribution in [0.1, 0.15) is 11.1 Å². The van der Waals surface area contributed by atoms with Crippen molar-refractivity contribution in [3.63, 3.8) is 0 Å². The lowest BCUT2D eigenvalue weighted by Gasteiger charge is -2.25. The normalized spacial score (nSPS) is 17.8. The predicted octanol–water partition coefficient (Wildman–Crippen LogP) is 4.07. The molecule has 1 aliphatic carbocycles. The van der Waals surface area contributed by atoms with Crippen LogP contribution in [0.15, 0.2) is 47.5 Å². The van der Waals surface area contributed by atoms with Crippen molar-refractivity contribution < 1.29 is 9.18 Å². The number of carbonyl (C=O) groups is 1. The number of benzene rings is 2. The van der Waals surface area contributed by atoms with Crippen LogP contribution in [0.3, 0.4) is 0 Å². The number of nitrogens with zero attached hydrogens (tertiary/aromatic N) is 2. The van der Waals surface area contributed by atoms with Gasteiger partial charge < -0.3 is 4.90 Å². The molecule has 5 heteroatoms. The summed E-state index contributed by atoms with van der Waals surface area (Å²) in [4.78, 5) is 18.8.